The number of ether oxygens (including phenoxy) is 2. The Morgan fingerprint density at radius 3 is 2.68 bits per heavy atom. The number of nitrogens with one attached hydrogen (secondary N) is 1. The zero-order chi connectivity index (χ0) is 28.6. The van der Waals surface area contributed by atoms with E-state index in [9.17, 15) is 13.7 Å². The molecule has 0 saturated heterocycles. The van der Waals surface area contributed by atoms with Crippen molar-refractivity contribution in [3.05, 3.63) is 101 Å². The van der Waals surface area contributed by atoms with E-state index in [1.54, 1.807) is 41.3 Å². The highest BCUT2D eigenvalue weighted by Gasteiger charge is 2.21. The molecule has 0 atom stereocenters. The molecule has 0 aliphatic heterocycles. The number of rotatable bonds is 9. The van der Waals surface area contributed by atoms with Gasteiger partial charge >= 0.3 is 0 Å². The molecule has 6 aromatic rings. The highest BCUT2D eigenvalue weighted by Crippen LogP contribution is 2.32. The number of aromatic amines is 1. The van der Waals surface area contributed by atoms with Gasteiger partial charge in [-0.3, -0.25) is 4.68 Å². The number of hydrogen-bond acceptors (Lipinski definition) is 8. The fourth-order valence-corrected chi connectivity index (χ4v) is 5.84. The minimum Gasteiger partial charge on any atom is -0.482 e. The van der Waals surface area contributed by atoms with Gasteiger partial charge in [0, 0.05) is 46.6 Å². The quantitative estimate of drug-likeness (QED) is 0.249. The lowest BCUT2D eigenvalue weighted by molar-refractivity contribution is 0.236. The van der Waals surface area contributed by atoms with Crippen LogP contribution < -0.4 is 9.47 Å². The monoisotopic (exact) mass is 567 g/mol. The number of H-pyrrole nitrogens is 1. The summed E-state index contributed by atoms with van der Waals surface area (Å²) in [5.41, 5.74) is 4.13. The molecule has 0 unspecified atom stereocenters. The van der Waals surface area contributed by atoms with Crippen molar-refractivity contribution in [2.45, 2.75) is 31.6 Å². The molecule has 0 aliphatic rings. The summed E-state index contributed by atoms with van der Waals surface area (Å²) >= 11 is 0. The lowest BCUT2D eigenvalue weighted by Gasteiger charge is -2.12. The van der Waals surface area contributed by atoms with Crippen LogP contribution in [0, 0.1) is 18.3 Å². The van der Waals surface area contributed by atoms with Gasteiger partial charge in [0.05, 0.1) is 17.0 Å². The summed E-state index contributed by atoms with van der Waals surface area (Å²) in [5, 5.41) is 19.9. The predicted octanol–water partition coefficient (Wildman–Crippen LogP) is 5.30. The van der Waals surface area contributed by atoms with Gasteiger partial charge in [0.2, 0.25) is 0 Å². The van der Waals surface area contributed by atoms with E-state index in [0.717, 1.165) is 27.4 Å². The van der Waals surface area contributed by atoms with Gasteiger partial charge in [0.25, 0.3) is 5.88 Å². The highest BCUT2D eigenvalue weighted by molar-refractivity contribution is 7.90. The Kier molecular flexibility index (Phi) is 6.69. The van der Waals surface area contributed by atoms with Crippen molar-refractivity contribution in [1.82, 2.24) is 19.9 Å². The van der Waals surface area contributed by atoms with Crippen molar-refractivity contribution < 1.29 is 22.4 Å². The van der Waals surface area contributed by atoms with Gasteiger partial charge in [-0.05, 0) is 47.5 Å². The smallest absolute Gasteiger partial charge is 0.254 e. The van der Waals surface area contributed by atoms with Crippen LogP contribution >= 0.6 is 0 Å². The fraction of sp³-hybridized carbons (Fsp3) is 0.167. The standard InChI is InChI=1S/C30H25N5O5S/c1-19-12-26(41(2,36)37)25(24-10-11-32-28(19)24)16-35-15-22-9-8-21(14-31)30(29(22)33-35)39-18-23-13-27(34-40-23)38-17-20-6-4-3-5-7-20/h3-13,15,32H,16-18H2,1-2H3. The van der Waals surface area contributed by atoms with Crippen LogP contribution in [0.4, 0.5) is 0 Å². The second-order valence-corrected chi connectivity index (χ2v) is 11.7. The molecule has 11 heteroatoms. The molecule has 0 saturated carbocycles. The van der Waals surface area contributed by atoms with Crippen molar-refractivity contribution in [1.29, 1.82) is 5.26 Å². The number of nitrogens with zero attached hydrogens (tertiary/aromatic N) is 4. The van der Waals surface area contributed by atoms with Crippen molar-refractivity contribution in [3.8, 4) is 17.7 Å². The zero-order valence-electron chi connectivity index (χ0n) is 22.3. The molecule has 3 heterocycles. The van der Waals surface area contributed by atoms with E-state index in [-0.39, 0.29) is 18.0 Å². The van der Waals surface area contributed by atoms with Crippen LogP contribution in [0.2, 0.25) is 0 Å². The first kappa shape index (κ1) is 26.2. The number of fused-ring (bicyclic) bond motifs is 2. The number of benzene rings is 3. The number of sulfone groups is 1. The van der Waals surface area contributed by atoms with E-state index in [0.29, 0.717) is 40.6 Å². The molecule has 6 rings (SSSR count). The normalized spacial score (nSPS) is 11.6. The second-order valence-electron chi connectivity index (χ2n) is 9.72. The van der Waals surface area contributed by atoms with Crippen LogP contribution in [0.1, 0.15) is 28.0 Å². The van der Waals surface area contributed by atoms with Gasteiger partial charge in [0.1, 0.15) is 24.8 Å². The third kappa shape index (κ3) is 5.25. The van der Waals surface area contributed by atoms with Gasteiger partial charge < -0.3 is 19.0 Å². The van der Waals surface area contributed by atoms with Gasteiger partial charge in [-0.2, -0.15) is 10.4 Å². The molecular formula is C30H25N5O5S. The van der Waals surface area contributed by atoms with Gasteiger partial charge in [-0.1, -0.05) is 30.3 Å². The molecular weight excluding hydrogens is 542 g/mol. The van der Waals surface area contributed by atoms with Crippen LogP contribution in [0.15, 0.2) is 82.5 Å². The Labute approximate surface area is 235 Å². The molecule has 0 bridgehead atoms. The molecule has 0 aliphatic carbocycles. The summed E-state index contributed by atoms with van der Waals surface area (Å²) in [6.45, 7) is 2.43. The molecule has 10 nitrogen and oxygen atoms in total. The summed E-state index contributed by atoms with van der Waals surface area (Å²) in [6, 6.07) is 20.5. The average molecular weight is 568 g/mol. The largest absolute Gasteiger partial charge is 0.482 e. The molecule has 1 N–H and O–H groups in total. The van der Waals surface area contributed by atoms with Crippen molar-refractivity contribution in [2.75, 3.05) is 6.26 Å². The lowest BCUT2D eigenvalue weighted by Crippen LogP contribution is -2.09. The molecule has 0 spiro atoms. The Balaban J connectivity index is 1.27. The summed E-state index contributed by atoms with van der Waals surface area (Å²) < 4.78 is 44.1. The molecule has 0 radical (unpaired) electrons. The SMILES string of the molecule is Cc1cc(S(C)(=O)=O)c(Cn2cc3ccc(C#N)c(OCc4cc(OCc5ccccc5)no4)c3n2)c2cc[nH]c12. The van der Waals surface area contributed by atoms with Crippen LogP contribution in [0.5, 0.6) is 11.6 Å². The number of nitriles is 1. The minimum atomic E-state index is -3.50. The minimum absolute atomic E-state index is 0.00249. The summed E-state index contributed by atoms with van der Waals surface area (Å²) in [4.78, 5) is 3.45. The number of aryl methyl sites for hydroxylation is 1. The van der Waals surface area contributed by atoms with Gasteiger partial charge in [-0.25, -0.2) is 8.42 Å². The summed E-state index contributed by atoms with van der Waals surface area (Å²) in [6.07, 6.45) is 4.80. The second kappa shape index (κ2) is 10.5. The Hall–Kier alpha value is -5.08. The lowest BCUT2D eigenvalue weighted by atomic mass is 10.1. The first-order chi connectivity index (χ1) is 19.8. The Bertz CT molecular complexity index is 2030. The third-order valence-electron chi connectivity index (χ3n) is 6.76. The van der Waals surface area contributed by atoms with E-state index in [2.05, 4.69) is 16.2 Å². The third-order valence-corrected chi connectivity index (χ3v) is 7.92. The number of aromatic nitrogens is 4. The zero-order valence-corrected chi connectivity index (χ0v) is 23.1. The summed E-state index contributed by atoms with van der Waals surface area (Å²) in [5.74, 6) is 1.04. The van der Waals surface area contributed by atoms with E-state index < -0.39 is 9.84 Å². The number of hydrogen-bond donors (Lipinski definition) is 1. The Morgan fingerprint density at radius 1 is 1.07 bits per heavy atom. The molecule has 0 amide bonds. The van der Waals surface area contributed by atoms with Gasteiger partial charge in [0.15, 0.2) is 21.3 Å². The van der Waals surface area contributed by atoms with Crippen molar-refractivity contribution >= 4 is 31.6 Å². The van der Waals surface area contributed by atoms with Gasteiger partial charge in [-0.15, -0.1) is 0 Å². The maximum absolute atomic E-state index is 12.7. The van der Waals surface area contributed by atoms with E-state index in [1.807, 2.05) is 43.3 Å². The first-order valence-electron chi connectivity index (χ1n) is 12.7. The maximum Gasteiger partial charge on any atom is 0.254 e. The molecule has 3 aromatic carbocycles. The van der Waals surface area contributed by atoms with Crippen LogP contribution in [-0.4, -0.2) is 34.6 Å². The van der Waals surface area contributed by atoms with E-state index in [4.69, 9.17) is 19.1 Å². The molecule has 41 heavy (non-hydrogen) atoms. The molecule has 3 aromatic heterocycles. The first-order valence-corrected chi connectivity index (χ1v) is 14.6. The van der Waals surface area contributed by atoms with Crippen molar-refractivity contribution in [3.63, 3.8) is 0 Å². The van der Waals surface area contributed by atoms with Crippen LogP contribution in [0.3, 0.4) is 0 Å². The predicted molar refractivity (Wildman–Crippen MR) is 151 cm³/mol. The maximum atomic E-state index is 12.7. The topological polar surface area (TPSA) is 136 Å². The van der Waals surface area contributed by atoms with E-state index >= 15 is 0 Å². The highest BCUT2D eigenvalue weighted by atomic mass is 32.2. The summed E-state index contributed by atoms with van der Waals surface area (Å²) in [7, 11) is -3.50. The van der Waals surface area contributed by atoms with Crippen molar-refractivity contribution in [2.24, 2.45) is 0 Å². The van der Waals surface area contributed by atoms with Crippen LogP contribution in [-0.2, 0) is 29.6 Å². The average Bonchev–Trinajstić information content (AvgIpc) is 3.72. The molecule has 0 fully saturated rings. The van der Waals surface area contributed by atoms with Crippen LogP contribution in [0.25, 0.3) is 21.8 Å². The fourth-order valence-electron chi connectivity index (χ4n) is 4.82. The molecule has 206 valence electrons. The Morgan fingerprint density at radius 2 is 1.90 bits per heavy atom. The van der Waals surface area contributed by atoms with E-state index in [1.165, 1.54) is 6.26 Å².